The van der Waals surface area contributed by atoms with E-state index in [0.29, 0.717) is 5.39 Å². The molecule has 0 saturated carbocycles. The van der Waals surface area contributed by atoms with Gasteiger partial charge in [0.1, 0.15) is 10.1 Å². The van der Waals surface area contributed by atoms with E-state index in [0.717, 1.165) is 42.2 Å². The van der Waals surface area contributed by atoms with Gasteiger partial charge < -0.3 is 4.55 Å². The van der Waals surface area contributed by atoms with E-state index in [1.54, 1.807) is 0 Å². The summed E-state index contributed by atoms with van der Waals surface area (Å²) in [4.78, 5) is -0.0750. The van der Waals surface area contributed by atoms with Crippen molar-refractivity contribution in [3.8, 4) is 0 Å². The summed E-state index contributed by atoms with van der Waals surface area (Å²) in [7, 11) is -4.48. The van der Waals surface area contributed by atoms with Crippen molar-refractivity contribution in [2.45, 2.75) is 109 Å². The minimum Gasteiger partial charge on any atom is -0.744 e. The Kier molecular flexibility index (Phi) is 14.3. The molecule has 0 N–H and O–H groups in total. The van der Waals surface area contributed by atoms with Crippen LogP contribution in [0.2, 0.25) is 0 Å². The van der Waals surface area contributed by atoms with Crippen LogP contribution < -0.4 is 29.6 Å². The van der Waals surface area contributed by atoms with Crippen LogP contribution >= 0.6 is 0 Å². The predicted octanol–water partition coefficient (Wildman–Crippen LogP) is 4.55. The van der Waals surface area contributed by atoms with Crippen molar-refractivity contribution in [1.82, 2.24) is 0 Å². The van der Waals surface area contributed by atoms with E-state index < -0.39 is 10.1 Å². The van der Waals surface area contributed by atoms with Gasteiger partial charge in [-0.15, -0.1) is 0 Å². The monoisotopic (exact) mass is 454 g/mol. The third-order valence-electron chi connectivity index (χ3n) is 6.02. The van der Waals surface area contributed by atoms with E-state index in [4.69, 9.17) is 0 Å². The Morgan fingerprint density at radius 3 is 1.81 bits per heavy atom. The molecule has 0 radical (unpaired) electrons. The number of aryl methyl sites for hydroxylation is 2. The fourth-order valence-corrected chi connectivity index (χ4v) is 4.90. The van der Waals surface area contributed by atoms with Crippen LogP contribution in [0.5, 0.6) is 0 Å². The molecule has 2 rings (SSSR count). The molecule has 5 heteroatoms. The Balaban J connectivity index is 0.00000480. The summed E-state index contributed by atoms with van der Waals surface area (Å²) < 4.78 is 35.5. The molecule has 0 aromatic heterocycles. The number of hydrogen-bond donors (Lipinski definition) is 0. The van der Waals surface area contributed by atoms with Crippen LogP contribution in [-0.2, 0) is 23.0 Å². The Labute approximate surface area is 212 Å². The zero-order valence-electron chi connectivity index (χ0n) is 19.9. The average Bonchev–Trinajstić information content (AvgIpc) is 2.72. The minimum atomic E-state index is -4.48. The number of unbranched alkanes of at least 4 members (excludes halogenated alkanes) is 10. The molecule has 0 unspecified atom stereocenters. The predicted molar refractivity (Wildman–Crippen MR) is 126 cm³/mol. The maximum Gasteiger partial charge on any atom is 1.00 e. The van der Waals surface area contributed by atoms with Crippen molar-refractivity contribution >= 4 is 20.9 Å². The summed E-state index contributed by atoms with van der Waals surface area (Å²) in [6.07, 6.45) is 16.6. The number of rotatable bonds is 15. The quantitative estimate of drug-likeness (QED) is 0.225. The van der Waals surface area contributed by atoms with Gasteiger partial charge in [0.15, 0.2) is 0 Å². The first-order chi connectivity index (χ1) is 14.5. The molecule has 0 saturated heterocycles. The van der Waals surface area contributed by atoms with E-state index in [2.05, 4.69) is 19.9 Å². The van der Waals surface area contributed by atoms with Crippen LogP contribution in [0.4, 0.5) is 0 Å². The van der Waals surface area contributed by atoms with Crippen LogP contribution in [-0.4, -0.2) is 13.0 Å². The second-order valence-corrected chi connectivity index (χ2v) is 9.94. The minimum absolute atomic E-state index is 0. The number of hydrogen-bond acceptors (Lipinski definition) is 3. The summed E-state index contributed by atoms with van der Waals surface area (Å²) in [5, 5.41) is 1.53. The van der Waals surface area contributed by atoms with Gasteiger partial charge in [0.2, 0.25) is 0 Å². The standard InChI is InChI=1S/C26H40O3S.Na/c1-3-5-7-9-11-13-15-22-17-19-24-23(16-14-12-10-8-6-4-2)18-20-26(25(24)21-22)30(27,28)29;/h17-21H,3-16H2,1-2H3,(H,27,28,29);/q;+1/p-1. The van der Waals surface area contributed by atoms with Gasteiger partial charge >= 0.3 is 29.6 Å². The van der Waals surface area contributed by atoms with Crippen LogP contribution in [0.15, 0.2) is 35.2 Å². The van der Waals surface area contributed by atoms with Crippen molar-refractivity contribution in [3.63, 3.8) is 0 Å². The largest absolute Gasteiger partial charge is 1.00 e. The van der Waals surface area contributed by atoms with Gasteiger partial charge in [0, 0.05) is 0 Å². The van der Waals surface area contributed by atoms with E-state index in [9.17, 15) is 13.0 Å². The summed E-state index contributed by atoms with van der Waals surface area (Å²) in [5.74, 6) is 0. The third kappa shape index (κ3) is 9.96. The third-order valence-corrected chi connectivity index (χ3v) is 6.91. The van der Waals surface area contributed by atoms with Crippen molar-refractivity contribution in [3.05, 3.63) is 41.5 Å². The van der Waals surface area contributed by atoms with Crippen molar-refractivity contribution in [2.24, 2.45) is 0 Å². The SMILES string of the molecule is CCCCCCCCc1ccc2c(CCCCCCCC)ccc(S(=O)(=O)[O-])c2c1.[Na+]. The molecule has 3 nitrogen and oxygen atoms in total. The van der Waals surface area contributed by atoms with Crippen LogP contribution in [0.3, 0.4) is 0 Å². The van der Waals surface area contributed by atoms with E-state index in [1.807, 2.05) is 18.2 Å². The van der Waals surface area contributed by atoms with Crippen LogP contribution in [0.25, 0.3) is 10.8 Å². The van der Waals surface area contributed by atoms with Gasteiger partial charge in [-0.3, -0.25) is 0 Å². The smallest absolute Gasteiger partial charge is 0.744 e. The molecule has 0 aliphatic heterocycles. The molecular formula is C26H39NaO3S. The molecule has 0 spiro atoms. The first-order valence-electron chi connectivity index (χ1n) is 12.0. The zero-order chi connectivity index (χ0) is 21.8. The molecule has 31 heavy (non-hydrogen) atoms. The Morgan fingerprint density at radius 2 is 1.23 bits per heavy atom. The van der Waals surface area contributed by atoms with Crippen LogP contribution in [0.1, 0.15) is 102 Å². The molecular weight excluding hydrogens is 415 g/mol. The molecule has 0 bridgehead atoms. The molecule has 0 aliphatic rings. The molecule has 0 fully saturated rings. The van der Waals surface area contributed by atoms with Gasteiger partial charge in [-0.05, 0) is 59.7 Å². The molecule has 0 heterocycles. The average molecular weight is 455 g/mol. The Morgan fingerprint density at radius 1 is 0.677 bits per heavy atom. The van der Waals surface area contributed by atoms with Gasteiger partial charge in [-0.2, -0.15) is 0 Å². The normalized spacial score (nSPS) is 11.6. The van der Waals surface area contributed by atoms with Gasteiger partial charge in [-0.25, -0.2) is 8.42 Å². The first kappa shape index (κ1) is 28.6. The summed E-state index contributed by atoms with van der Waals surface area (Å²) in [6.45, 7) is 4.44. The van der Waals surface area contributed by atoms with Crippen LogP contribution in [0, 0.1) is 0 Å². The summed E-state index contributed by atoms with van der Waals surface area (Å²) >= 11 is 0. The second kappa shape index (κ2) is 15.4. The van der Waals surface area contributed by atoms with E-state index >= 15 is 0 Å². The maximum absolute atomic E-state index is 11.8. The second-order valence-electron chi connectivity index (χ2n) is 8.59. The Bertz CT molecular complexity index is 878. The zero-order valence-corrected chi connectivity index (χ0v) is 22.7. The van der Waals surface area contributed by atoms with E-state index in [1.165, 1.54) is 70.3 Å². The molecule has 168 valence electrons. The molecule has 0 aliphatic carbocycles. The molecule has 0 atom stereocenters. The Hall–Kier alpha value is -0.390. The summed E-state index contributed by atoms with van der Waals surface area (Å²) in [6, 6.07) is 9.44. The number of benzene rings is 2. The van der Waals surface area contributed by atoms with Crippen molar-refractivity contribution < 1.29 is 42.5 Å². The van der Waals surface area contributed by atoms with E-state index in [-0.39, 0.29) is 34.5 Å². The first-order valence-corrected chi connectivity index (χ1v) is 13.4. The fraction of sp³-hybridized carbons (Fsp3) is 0.615. The topological polar surface area (TPSA) is 57.2 Å². The molecule has 2 aromatic rings. The van der Waals surface area contributed by atoms with Gasteiger partial charge in [-0.1, -0.05) is 96.3 Å². The maximum atomic E-state index is 11.8. The number of fused-ring (bicyclic) bond motifs is 1. The summed E-state index contributed by atoms with van der Waals surface area (Å²) in [5.41, 5.74) is 2.28. The van der Waals surface area contributed by atoms with Gasteiger partial charge in [0.05, 0.1) is 4.90 Å². The van der Waals surface area contributed by atoms with Gasteiger partial charge in [0.25, 0.3) is 0 Å². The fourth-order valence-electron chi connectivity index (χ4n) is 4.23. The molecule has 0 amide bonds. The van der Waals surface area contributed by atoms with Crippen molar-refractivity contribution in [2.75, 3.05) is 0 Å². The molecule has 2 aromatic carbocycles. The van der Waals surface area contributed by atoms with Crippen molar-refractivity contribution in [1.29, 1.82) is 0 Å².